The van der Waals surface area contributed by atoms with Gasteiger partial charge < -0.3 is 0 Å². The van der Waals surface area contributed by atoms with Gasteiger partial charge in [0, 0.05) is 0 Å². The molecule has 35 heavy (non-hydrogen) atoms. The monoisotopic (exact) mass is 505 g/mol. The molecule has 1 atom stereocenters. The van der Waals surface area contributed by atoms with Crippen molar-refractivity contribution in [1.82, 2.24) is 20.2 Å². The number of hydrogen-bond donors (Lipinski definition) is 1. The van der Waals surface area contributed by atoms with Gasteiger partial charge in [0.05, 0.1) is 12.2 Å². The van der Waals surface area contributed by atoms with E-state index in [1.54, 1.807) is 6.92 Å². The Balaban J connectivity index is 1.90. The van der Waals surface area contributed by atoms with E-state index in [2.05, 4.69) is 54.8 Å². The Morgan fingerprint density at radius 3 is 1.86 bits per heavy atom. The van der Waals surface area contributed by atoms with Crippen LogP contribution in [-0.2, 0) is 16.6 Å². The number of sulfonamides is 1. The molecule has 198 valence electrons. The molecule has 0 aliphatic heterocycles. The van der Waals surface area contributed by atoms with Gasteiger partial charge in [0.15, 0.2) is 5.82 Å². The van der Waals surface area contributed by atoms with E-state index in [9.17, 15) is 8.42 Å². The van der Waals surface area contributed by atoms with Crippen molar-refractivity contribution >= 4 is 15.7 Å². The van der Waals surface area contributed by atoms with Crippen molar-refractivity contribution in [2.24, 2.45) is 0 Å². The lowest BCUT2D eigenvalue weighted by atomic mass is 9.93. The lowest BCUT2D eigenvalue weighted by Gasteiger charge is -2.22. The third-order valence-corrected chi connectivity index (χ3v) is 8.26. The largest absolute Gasteiger partial charge is 0.282 e. The van der Waals surface area contributed by atoms with E-state index in [-0.39, 0.29) is 17.7 Å². The molecule has 8 heteroatoms. The topological polar surface area (TPSA) is 89.8 Å². The second-order valence-electron chi connectivity index (χ2n) is 10.3. The number of unbranched alkanes of at least 4 members (excludes halogenated alkanes) is 9. The maximum atomic E-state index is 13.3. The van der Waals surface area contributed by atoms with Crippen molar-refractivity contribution < 1.29 is 8.42 Å². The molecule has 0 fully saturated rings. The highest BCUT2D eigenvalue weighted by Gasteiger charge is 2.29. The number of anilines is 1. The van der Waals surface area contributed by atoms with E-state index in [0.29, 0.717) is 12.2 Å². The number of benzene rings is 1. The molecular formula is C27H47N5O2S. The predicted molar refractivity (Wildman–Crippen MR) is 145 cm³/mol. The molecule has 2 rings (SSSR count). The van der Waals surface area contributed by atoms with Gasteiger partial charge in [-0.1, -0.05) is 111 Å². The zero-order valence-corrected chi connectivity index (χ0v) is 23.6. The molecule has 1 aromatic heterocycles. The van der Waals surface area contributed by atoms with Gasteiger partial charge in [-0.05, 0) is 41.5 Å². The fourth-order valence-corrected chi connectivity index (χ4v) is 5.36. The van der Waals surface area contributed by atoms with Gasteiger partial charge >= 0.3 is 0 Å². The zero-order valence-electron chi connectivity index (χ0n) is 22.8. The average Bonchev–Trinajstić information content (AvgIpc) is 3.28. The summed E-state index contributed by atoms with van der Waals surface area (Å²) in [5.41, 5.74) is 2.66. The number of para-hydroxylation sites is 1. The summed E-state index contributed by atoms with van der Waals surface area (Å²) >= 11 is 0. The average molecular weight is 506 g/mol. The van der Waals surface area contributed by atoms with Crippen LogP contribution < -0.4 is 4.72 Å². The van der Waals surface area contributed by atoms with Crippen molar-refractivity contribution in [1.29, 1.82) is 0 Å². The van der Waals surface area contributed by atoms with Gasteiger partial charge in [-0.25, -0.2) is 8.42 Å². The first-order valence-corrected chi connectivity index (χ1v) is 15.1. The number of aryl methyl sites for hydroxylation is 1. The first-order chi connectivity index (χ1) is 16.7. The van der Waals surface area contributed by atoms with Crippen molar-refractivity contribution in [2.75, 3.05) is 4.72 Å². The Bertz CT molecular complexity index is 959. The Morgan fingerprint density at radius 1 is 0.829 bits per heavy atom. The Kier molecular flexibility index (Phi) is 12.2. The summed E-state index contributed by atoms with van der Waals surface area (Å²) in [4.78, 5) is 1.54. The summed E-state index contributed by atoms with van der Waals surface area (Å²) in [7, 11) is -3.74. The molecule has 0 aliphatic carbocycles. The SMILES string of the molecule is CCCCCCCCCCCCn1nnc(C(C)S(=O)(=O)Nc2c(C(C)C)cccc2C(C)C)n1. The molecule has 0 saturated heterocycles. The number of aromatic nitrogens is 4. The van der Waals surface area contributed by atoms with E-state index in [1.165, 1.54) is 56.2 Å². The van der Waals surface area contributed by atoms with E-state index in [1.807, 2.05) is 18.2 Å². The minimum atomic E-state index is -3.74. The normalized spacial score (nSPS) is 13.0. The van der Waals surface area contributed by atoms with Crippen LogP contribution in [0.1, 0.15) is 140 Å². The summed E-state index contributed by atoms with van der Waals surface area (Å²) in [5.74, 6) is 0.626. The highest BCUT2D eigenvalue weighted by atomic mass is 32.2. The number of nitrogens with zero attached hydrogens (tertiary/aromatic N) is 4. The first-order valence-electron chi connectivity index (χ1n) is 13.6. The van der Waals surface area contributed by atoms with Crippen LogP contribution in [0.15, 0.2) is 18.2 Å². The molecule has 0 spiro atoms. The van der Waals surface area contributed by atoms with Crippen LogP contribution in [0, 0.1) is 0 Å². The van der Waals surface area contributed by atoms with Crippen LogP contribution in [0.2, 0.25) is 0 Å². The Labute approximate surface area is 213 Å². The van der Waals surface area contributed by atoms with Crippen LogP contribution in [0.5, 0.6) is 0 Å². The summed E-state index contributed by atoms with van der Waals surface area (Å²) in [5, 5.41) is 11.7. The van der Waals surface area contributed by atoms with Gasteiger partial charge in [-0.2, -0.15) is 4.80 Å². The number of nitrogens with one attached hydrogen (secondary N) is 1. The second kappa shape index (κ2) is 14.6. The van der Waals surface area contributed by atoms with Crippen molar-refractivity contribution in [3.8, 4) is 0 Å². The van der Waals surface area contributed by atoms with E-state index in [0.717, 1.165) is 24.0 Å². The maximum absolute atomic E-state index is 13.3. The zero-order chi connectivity index (χ0) is 25.8. The molecule has 0 bridgehead atoms. The van der Waals surface area contributed by atoms with Gasteiger partial charge in [-0.15, -0.1) is 10.2 Å². The lowest BCUT2D eigenvalue weighted by molar-refractivity contribution is 0.470. The third kappa shape index (κ3) is 9.21. The van der Waals surface area contributed by atoms with Gasteiger partial charge in [0.1, 0.15) is 5.25 Å². The standard InChI is InChI=1S/C27H47N5O2S/c1-7-8-9-10-11-12-13-14-15-16-20-32-29-27(28-31-32)23(6)35(33,34)30-26-24(21(2)3)18-17-19-25(26)22(4)5/h17-19,21-23,30H,7-16,20H2,1-6H3. The summed E-state index contributed by atoms with van der Waals surface area (Å²) < 4.78 is 29.4. The molecule has 2 aromatic rings. The summed E-state index contributed by atoms with van der Waals surface area (Å²) in [6.07, 6.45) is 12.6. The van der Waals surface area contributed by atoms with Gasteiger partial charge in [-0.3, -0.25) is 4.72 Å². The molecule has 0 radical (unpaired) electrons. The second-order valence-corrected chi connectivity index (χ2v) is 12.3. The highest BCUT2D eigenvalue weighted by Crippen LogP contribution is 2.34. The predicted octanol–water partition coefficient (Wildman–Crippen LogP) is 7.34. The van der Waals surface area contributed by atoms with Gasteiger partial charge in [0.2, 0.25) is 10.0 Å². The lowest BCUT2D eigenvalue weighted by Crippen LogP contribution is -2.22. The minimum Gasteiger partial charge on any atom is -0.282 e. The molecule has 1 unspecified atom stereocenters. The van der Waals surface area contributed by atoms with E-state index in [4.69, 9.17) is 0 Å². The molecular weight excluding hydrogens is 458 g/mol. The van der Waals surface area contributed by atoms with E-state index >= 15 is 0 Å². The Hall–Kier alpha value is -1.96. The van der Waals surface area contributed by atoms with Crippen molar-refractivity contribution in [3.05, 3.63) is 35.2 Å². The third-order valence-electron chi connectivity index (χ3n) is 6.63. The molecule has 0 aliphatic rings. The van der Waals surface area contributed by atoms with E-state index < -0.39 is 15.3 Å². The molecule has 0 amide bonds. The van der Waals surface area contributed by atoms with Crippen LogP contribution in [0.3, 0.4) is 0 Å². The van der Waals surface area contributed by atoms with Crippen LogP contribution in [-0.4, -0.2) is 28.6 Å². The fourth-order valence-electron chi connectivity index (χ4n) is 4.29. The molecule has 0 saturated carbocycles. The summed E-state index contributed by atoms with van der Waals surface area (Å²) in [6, 6.07) is 5.97. The van der Waals surface area contributed by atoms with Crippen LogP contribution >= 0.6 is 0 Å². The number of hydrogen-bond acceptors (Lipinski definition) is 5. The molecule has 1 heterocycles. The highest BCUT2D eigenvalue weighted by molar-refractivity contribution is 7.92. The fraction of sp³-hybridized carbons (Fsp3) is 0.741. The maximum Gasteiger partial charge on any atom is 0.242 e. The smallest absolute Gasteiger partial charge is 0.242 e. The quantitative estimate of drug-likeness (QED) is 0.227. The summed E-state index contributed by atoms with van der Waals surface area (Å²) in [6.45, 7) is 12.8. The van der Waals surface area contributed by atoms with Crippen LogP contribution in [0.25, 0.3) is 0 Å². The van der Waals surface area contributed by atoms with Crippen molar-refractivity contribution in [3.63, 3.8) is 0 Å². The molecule has 7 nitrogen and oxygen atoms in total. The van der Waals surface area contributed by atoms with Crippen molar-refractivity contribution in [2.45, 2.75) is 129 Å². The number of rotatable bonds is 17. The van der Waals surface area contributed by atoms with Gasteiger partial charge in [0.25, 0.3) is 0 Å². The molecule has 1 N–H and O–H groups in total. The Morgan fingerprint density at radius 2 is 1.34 bits per heavy atom. The van der Waals surface area contributed by atoms with Crippen LogP contribution in [0.4, 0.5) is 5.69 Å². The first kappa shape index (κ1) is 29.3. The number of tetrazole rings is 1. The molecule has 1 aromatic carbocycles. The minimum absolute atomic E-state index is 0.196.